The summed E-state index contributed by atoms with van der Waals surface area (Å²) in [7, 11) is 1.88. The summed E-state index contributed by atoms with van der Waals surface area (Å²) in [5.74, 6) is 0.812. The number of aromatic nitrogens is 5. The maximum absolute atomic E-state index is 14.2. The van der Waals surface area contributed by atoms with Gasteiger partial charge in [0.1, 0.15) is 17.7 Å². The van der Waals surface area contributed by atoms with Crippen molar-refractivity contribution in [2.45, 2.75) is 58.2 Å². The summed E-state index contributed by atoms with van der Waals surface area (Å²) in [6, 6.07) is 8.61. The molecule has 1 aromatic carbocycles. The molecule has 0 atom stereocenters. The van der Waals surface area contributed by atoms with E-state index < -0.39 is 17.3 Å². The van der Waals surface area contributed by atoms with Crippen molar-refractivity contribution >= 4 is 10.9 Å². The molecule has 2 N–H and O–H groups in total. The molecule has 5 rings (SSSR count). The molecule has 3 heterocycles. The van der Waals surface area contributed by atoms with E-state index in [1.165, 1.54) is 6.07 Å². The van der Waals surface area contributed by atoms with Crippen molar-refractivity contribution in [3.05, 3.63) is 75.9 Å². The molecule has 1 fully saturated rings. The van der Waals surface area contributed by atoms with Gasteiger partial charge in [-0.1, -0.05) is 39.3 Å². The highest BCUT2D eigenvalue weighted by Gasteiger charge is 2.44. The summed E-state index contributed by atoms with van der Waals surface area (Å²) in [5, 5.41) is 11.5. The van der Waals surface area contributed by atoms with E-state index in [0.29, 0.717) is 24.5 Å². The molecule has 1 aliphatic rings. The van der Waals surface area contributed by atoms with Crippen LogP contribution in [0.3, 0.4) is 0 Å². The third kappa shape index (κ3) is 4.58. The normalized spacial score (nSPS) is 15.8. The molecular weight excluding hydrogens is 481 g/mol. The topological polar surface area (TPSA) is 80.5 Å². The zero-order valence-electron chi connectivity index (χ0n) is 21.4. The fourth-order valence-electron chi connectivity index (χ4n) is 5.20. The number of alkyl halides is 3. The van der Waals surface area contributed by atoms with Crippen LogP contribution in [0.5, 0.6) is 0 Å². The molecule has 0 bridgehead atoms. The Balaban J connectivity index is 1.60. The highest BCUT2D eigenvalue weighted by Crippen LogP contribution is 2.48. The second-order valence-electron chi connectivity index (χ2n) is 11.2. The van der Waals surface area contributed by atoms with Crippen LogP contribution < -0.4 is 10.9 Å². The quantitative estimate of drug-likeness (QED) is 0.378. The number of hydrogen-bond acceptors (Lipinski definition) is 4. The van der Waals surface area contributed by atoms with Gasteiger partial charge in [-0.15, -0.1) is 10.2 Å². The summed E-state index contributed by atoms with van der Waals surface area (Å²) in [5.41, 5.74) is 0.0328. The van der Waals surface area contributed by atoms with Gasteiger partial charge in [-0.2, -0.15) is 13.2 Å². The van der Waals surface area contributed by atoms with Crippen LogP contribution in [0, 0.1) is 5.41 Å². The number of pyridine rings is 1. The van der Waals surface area contributed by atoms with Gasteiger partial charge in [0.15, 0.2) is 0 Å². The van der Waals surface area contributed by atoms with Crippen LogP contribution in [-0.4, -0.2) is 30.9 Å². The fraction of sp³-hybridized carbons (Fsp3) is 0.444. The molecule has 10 heteroatoms. The van der Waals surface area contributed by atoms with E-state index >= 15 is 0 Å². The van der Waals surface area contributed by atoms with Crippen molar-refractivity contribution in [3.8, 4) is 5.69 Å². The van der Waals surface area contributed by atoms with Crippen LogP contribution >= 0.6 is 0 Å². The molecule has 0 unspecified atom stereocenters. The number of nitrogens with one attached hydrogen (secondary N) is 2. The molecule has 1 saturated carbocycles. The fourth-order valence-corrected chi connectivity index (χ4v) is 5.20. The minimum Gasteiger partial charge on any atom is -0.353 e. The van der Waals surface area contributed by atoms with Gasteiger partial charge in [0.2, 0.25) is 0 Å². The number of H-pyrrole nitrogens is 1. The highest BCUT2D eigenvalue weighted by atomic mass is 19.4. The molecule has 7 nitrogen and oxygen atoms in total. The molecule has 0 radical (unpaired) electrons. The van der Waals surface area contributed by atoms with Gasteiger partial charge in [-0.25, -0.2) is 0 Å². The van der Waals surface area contributed by atoms with Crippen LogP contribution in [0.15, 0.2) is 47.7 Å². The van der Waals surface area contributed by atoms with Crippen molar-refractivity contribution in [1.29, 1.82) is 0 Å². The standard InChI is InChI=1S/C27H31F3N6O/c1-25(2,3)15-31-13-18-12-20-21(27(28,29)30)14-36(23(37)22(20)33-18)19-8-5-7-17(11-19)26(9-6-10-26)24-34-32-16-35(24)4/h5,7-8,11-12,14,16,31,33H,6,9-10,13,15H2,1-4H3. The number of benzene rings is 1. The van der Waals surface area contributed by atoms with Gasteiger partial charge in [0, 0.05) is 43.1 Å². The number of halogens is 3. The third-order valence-electron chi connectivity index (χ3n) is 7.15. The maximum Gasteiger partial charge on any atom is 0.418 e. The van der Waals surface area contributed by atoms with E-state index in [-0.39, 0.29) is 21.7 Å². The van der Waals surface area contributed by atoms with E-state index in [9.17, 15) is 18.0 Å². The summed E-state index contributed by atoms with van der Waals surface area (Å²) in [6.45, 7) is 7.21. The van der Waals surface area contributed by atoms with Gasteiger partial charge in [0.25, 0.3) is 5.56 Å². The summed E-state index contributed by atoms with van der Waals surface area (Å²) in [4.78, 5) is 16.5. The van der Waals surface area contributed by atoms with E-state index in [1.807, 2.05) is 17.7 Å². The Morgan fingerprint density at radius 2 is 1.92 bits per heavy atom. The maximum atomic E-state index is 14.2. The van der Waals surface area contributed by atoms with Crippen molar-refractivity contribution in [2.24, 2.45) is 12.5 Å². The van der Waals surface area contributed by atoms with Gasteiger partial charge in [-0.3, -0.25) is 9.36 Å². The van der Waals surface area contributed by atoms with Crippen LogP contribution in [0.25, 0.3) is 16.6 Å². The Labute approximate surface area is 212 Å². The largest absolute Gasteiger partial charge is 0.418 e. The van der Waals surface area contributed by atoms with Crippen LogP contribution in [0.1, 0.15) is 62.7 Å². The highest BCUT2D eigenvalue weighted by molar-refractivity contribution is 5.84. The second-order valence-corrected chi connectivity index (χ2v) is 11.2. The number of hydrogen-bond donors (Lipinski definition) is 2. The lowest BCUT2D eigenvalue weighted by Crippen LogP contribution is -2.38. The lowest BCUT2D eigenvalue weighted by atomic mass is 9.63. The molecule has 4 aromatic rings. The van der Waals surface area contributed by atoms with E-state index in [0.717, 1.165) is 41.4 Å². The molecule has 37 heavy (non-hydrogen) atoms. The lowest BCUT2D eigenvalue weighted by molar-refractivity contribution is -0.136. The van der Waals surface area contributed by atoms with Gasteiger partial charge >= 0.3 is 6.18 Å². The van der Waals surface area contributed by atoms with E-state index in [2.05, 4.69) is 41.3 Å². The van der Waals surface area contributed by atoms with Crippen LogP contribution in [-0.2, 0) is 25.2 Å². The minimum atomic E-state index is -4.63. The first kappa shape index (κ1) is 25.3. The first-order valence-electron chi connectivity index (χ1n) is 12.4. The van der Waals surface area contributed by atoms with Crippen molar-refractivity contribution in [2.75, 3.05) is 6.54 Å². The zero-order chi connectivity index (χ0) is 26.6. The Morgan fingerprint density at radius 1 is 1.16 bits per heavy atom. The SMILES string of the molecule is Cn1cnnc1C1(c2cccc(-n3cc(C(F)(F)F)c4cc(CNCC(C)(C)C)[nH]c4c3=O)c2)CCC1. The number of rotatable bonds is 6. The summed E-state index contributed by atoms with van der Waals surface area (Å²) >= 11 is 0. The second kappa shape index (κ2) is 8.86. The van der Waals surface area contributed by atoms with Gasteiger partial charge < -0.3 is 14.9 Å². The average molecular weight is 513 g/mol. The first-order valence-corrected chi connectivity index (χ1v) is 12.4. The molecule has 3 aromatic heterocycles. The monoisotopic (exact) mass is 512 g/mol. The summed E-state index contributed by atoms with van der Waals surface area (Å²) < 4.78 is 45.5. The van der Waals surface area contributed by atoms with Crippen molar-refractivity contribution in [3.63, 3.8) is 0 Å². The van der Waals surface area contributed by atoms with Gasteiger partial charge in [0.05, 0.1) is 11.0 Å². The third-order valence-corrected chi connectivity index (χ3v) is 7.15. The van der Waals surface area contributed by atoms with Crippen LogP contribution in [0.4, 0.5) is 13.2 Å². The van der Waals surface area contributed by atoms with Crippen molar-refractivity contribution in [1.82, 2.24) is 29.6 Å². The number of aryl methyl sites for hydroxylation is 1. The zero-order valence-corrected chi connectivity index (χ0v) is 21.4. The number of fused-ring (bicyclic) bond motifs is 1. The van der Waals surface area contributed by atoms with Gasteiger partial charge in [-0.05, 0) is 42.0 Å². The Hall–Kier alpha value is -3.40. The van der Waals surface area contributed by atoms with Crippen molar-refractivity contribution < 1.29 is 13.2 Å². The lowest BCUT2D eigenvalue weighted by Gasteiger charge is -2.41. The predicted octanol–water partition coefficient (Wildman–Crippen LogP) is 5.07. The van der Waals surface area contributed by atoms with E-state index in [1.54, 1.807) is 24.5 Å². The minimum absolute atomic E-state index is 0.0175. The Morgan fingerprint density at radius 3 is 2.51 bits per heavy atom. The molecule has 0 saturated heterocycles. The number of nitrogens with zero attached hydrogens (tertiary/aromatic N) is 4. The molecule has 196 valence electrons. The average Bonchev–Trinajstić information content (AvgIpc) is 3.39. The summed E-state index contributed by atoms with van der Waals surface area (Å²) in [6.07, 6.45) is 0.651. The molecule has 0 amide bonds. The molecule has 0 aliphatic heterocycles. The Kier molecular flexibility index (Phi) is 6.05. The number of aromatic amines is 1. The van der Waals surface area contributed by atoms with Crippen LogP contribution in [0.2, 0.25) is 0 Å². The molecular formula is C27H31F3N6O. The predicted molar refractivity (Wildman–Crippen MR) is 136 cm³/mol. The molecule has 1 aliphatic carbocycles. The molecule has 0 spiro atoms. The first-order chi connectivity index (χ1) is 17.4. The Bertz CT molecular complexity index is 1500. The van der Waals surface area contributed by atoms with E-state index in [4.69, 9.17) is 0 Å². The smallest absolute Gasteiger partial charge is 0.353 e.